The summed E-state index contributed by atoms with van der Waals surface area (Å²) >= 11 is 0. The number of pyridine rings is 1. The van der Waals surface area contributed by atoms with Crippen molar-refractivity contribution in [2.75, 3.05) is 32.2 Å². The topological polar surface area (TPSA) is 171 Å². The Kier molecular flexibility index (Phi) is 12.0. The molecular formula is C40H49BFN5O8. The summed E-state index contributed by atoms with van der Waals surface area (Å²) in [6.45, 7) is 12.4. The van der Waals surface area contributed by atoms with E-state index in [0.29, 0.717) is 71.8 Å². The van der Waals surface area contributed by atoms with Gasteiger partial charge in [0.15, 0.2) is 0 Å². The lowest BCUT2D eigenvalue weighted by Gasteiger charge is -2.31. The van der Waals surface area contributed by atoms with E-state index in [9.17, 15) is 24.4 Å². The predicted molar refractivity (Wildman–Crippen MR) is 210 cm³/mol. The van der Waals surface area contributed by atoms with Crippen LogP contribution in [0.15, 0.2) is 60.7 Å². The SMILES string of the molecule is COc1ccc2c(c1)cc(-c1ccc(N3CCC(C(N)=O)CC3)nc1F)n2C(=O)OC(C)(C)C.COc1ccc2c(c1)cc(B(O)O)n2C(=O)CC(C)(C)C. The van der Waals surface area contributed by atoms with Crippen LogP contribution in [0.1, 0.15) is 65.6 Å². The zero-order valence-electron chi connectivity index (χ0n) is 32.6. The predicted octanol–water partition coefficient (Wildman–Crippen LogP) is 5.74. The maximum atomic E-state index is 15.3. The van der Waals surface area contributed by atoms with Gasteiger partial charge in [-0.2, -0.15) is 4.39 Å². The number of piperidine rings is 1. The highest BCUT2D eigenvalue weighted by atomic mass is 19.1. The number of ether oxygens (including phenoxy) is 3. The van der Waals surface area contributed by atoms with Gasteiger partial charge in [0, 0.05) is 36.2 Å². The minimum absolute atomic E-state index is 0.161. The van der Waals surface area contributed by atoms with Gasteiger partial charge >= 0.3 is 13.2 Å². The van der Waals surface area contributed by atoms with E-state index in [4.69, 9.17) is 19.9 Å². The summed E-state index contributed by atoms with van der Waals surface area (Å²) in [5.41, 5.74) is 6.40. The number of primary amides is 1. The number of nitrogens with zero attached hydrogens (tertiary/aromatic N) is 4. The van der Waals surface area contributed by atoms with Gasteiger partial charge in [-0.3, -0.25) is 14.2 Å². The normalized spacial score (nSPS) is 13.7. The quantitative estimate of drug-likeness (QED) is 0.137. The first-order valence-electron chi connectivity index (χ1n) is 18.0. The summed E-state index contributed by atoms with van der Waals surface area (Å²) in [4.78, 5) is 43.2. The van der Waals surface area contributed by atoms with Crippen molar-refractivity contribution >= 4 is 58.2 Å². The van der Waals surface area contributed by atoms with Crippen molar-refractivity contribution in [1.82, 2.24) is 14.1 Å². The molecule has 1 aliphatic heterocycles. The molecule has 4 N–H and O–H groups in total. The van der Waals surface area contributed by atoms with Crippen LogP contribution in [0.25, 0.3) is 33.1 Å². The molecule has 55 heavy (non-hydrogen) atoms. The number of nitrogens with two attached hydrogens (primary N) is 1. The molecule has 0 atom stereocenters. The van der Waals surface area contributed by atoms with Crippen molar-refractivity contribution in [2.45, 2.75) is 66.4 Å². The molecule has 0 unspecified atom stereocenters. The zero-order chi connectivity index (χ0) is 40.4. The molecule has 15 heteroatoms. The number of halogens is 1. The van der Waals surface area contributed by atoms with Crippen LogP contribution in [0.4, 0.5) is 15.0 Å². The lowest BCUT2D eigenvalue weighted by atomic mass is 9.85. The zero-order valence-corrected chi connectivity index (χ0v) is 32.6. The number of anilines is 1. The van der Waals surface area contributed by atoms with Gasteiger partial charge in [0.05, 0.1) is 42.1 Å². The Morgan fingerprint density at radius 2 is 1.42 bits per heavy atom. The van der Waals surface area contributed by atoms with E-state index in [1.165, 1.54) is 9.13 Å². The van der Waals surface area contributed by atoms with E-state index in [0.717, 1.165) is 5.39 Å². The molecule has 0 radical (unpaired) electrons. The largest absolute Gasteiger partial charge is 0.506 e. The molecule has 0 spiro atoms. The van der Waals surface area contributed by atoms with E-state index < -0.39 is 24.8 Å². The second kappa shape index (κ2) is 16.1. The Balaban J connectivity index is 0.000000237. The third-order valence-electron chi connectivity index (χ3n) is 9.15. The summed E-state index contributed by atoms with van der Waals surface area (Å²) in [7, 11) is 1.42. The van der Waals surface area contributed by atoms with Gasteiger partial charge in [-0.25, -0.2) is 14.3 Å². The van der Waals surface area contributed by atoms with Crippen molar-refractivity contribution < 1.29 is 43.0 Å². The molecule has 3 aromatic heterocycles. The summed E-state index contributed by atoms with van der Waals surface area (Å²) < 4.78 is 34.1. The van der Waals surface area contributed by atoms with Crippen LogP contribution in [0.2, 0.25) is 0 Å². The van der Waals surface area contributed by atoms with Crippen LogP contribution >= 0.6 is 0 Å². The van der Waals surface area contributed by atoms with Crippen molar-refractivity contribution in [3.05, 3.63) is 66.6 Å². The summed E-state index contributed by atoms with van der Waals surface area (Å²) in [6, 6.07) is 17.2. The molecule has 6 rings (SSSR count). The third kappa shape index (κ3) is 9.46. The second-order valence-corrected chi connectivity index (χ2v) is 15.8. The molecule has 0 aliphatic carbocycles. The van der Waals surface area contributed by atoms with E-state index in [1.807, 2.05) is 25.7 Å². The van der Waals surface area contributed by atoms with Gasteiger partial charge in [-0.1, -0.05) is 20.8 Å². The molecule has 1 aliphatic rings. The number of hydrogen-bond acceptors (Lipinski definition) is 10. The minimum Gasteiger partial charge on any atom is -0.497 e. The Morgan fingerprint density at radius 3 is 1.91 bits per heavy atom. The van der Waals surface area contributed by atoms with Crippen LogP contribution < -0.4 is 25.7 Å². The third-order valence-corrected chi connectivity index (χ3v) is 9.15. The Hall–Kier alpha value is -5.41. The minimum atomic E-state index is -1.70. The lowest BCUT2D eigenvalue weighted by molar-refractivity contribution is -0.122. The molecule has 0 bridgehead atoms. The molecule has 1 saturated heterocycles. The number of methoxy groups -OCH3 is 2. The highest BCUT2D eigenvalue weighted by molar-refractivity contribution is 6.59. The Morgan fingerprint density at radius 1 is 0.855 bits per heavy atom. The molecule has 0 saturated carbocycles. The van der Waals surface area contributed by atoms with Gasteiger partial charge in [0.25, 0.3) is 0 Å². The van der Waals surface area contributed by atoms with E-state index >= 15 is 4.39 Å². The fourth-order valence-corrected chi connectivity index (χ4v) is 6.55. The van der Waals surface area contributed by atoms with Gasteiger partial charge < -0.3 is 34.9 Å². The lowest BCUT2D eigenvalue weighted by Crippen LogP contribution is -2.39. The monoisotopic (exact) mass is 757 g/mol. The van der Waals surface area contributed by atoms with Crippen LogP contribution in [-0.4, -0.2) is 82.1 Å². The molecule has 13 nitrogen and oxygen atoms in total. The standard InChI is InChI=1S/C25H29FN4O4.C15H20BNO4/c1-25(2,3)34-24(32)30-19-7-5-17(33-4)13-16(19)14-20(30)18-6-8-21(28-22(18)26)29-11-9-15(10-12-29)23(27)31;1-15(2,3)9-14(18)17-12-6-5-11(21-4)7-10(12)8-13(17)16(19)20/h5-8,13-15H,9-12H2,1-4H3,(H2,27,31);5-8,19-20H,9H2,1-4H3. The number of amides is 1. The molecule has 4 heterocycles. The van der Waals surface area contributed by atoms with Gasteiger partial charge in [0.1, 0.15) is 22.9 Å². The van der Waals surface area contributed by atoms with E-state index in [1.54, 1.807) is 95.7 Å². The van der Waals surface area contributed by atoms with Crippen LogP contribution in [-0.2, 0) is 9.53 Å². The number of carbonyl (C=O) groups is 3. The number of carbonyl (C=O) groups excluding carboxylic acids is 3. The van der Waals surface area contributed by atoms with E-state index in [2.05, 4.69) is 4.98 Å². The summed E-state index contributed by atoms with van der Waals surface area (Å²) in [5.74, 6) is 0.420. The first-order valence-corrected chi connectivity index (χ1v) is 18.0. The molecule has 5 aromatic rings. The van der Waals surface area contributed by atoms with Crippen LogP contribution in [0.5, 0.6) is 11.5 Å². The molecule has 1 amide bonds. The first kappa shape index (κ1) is 40.8. The van der Waals surface area contributed by atoms with Gasteiger partial charge in [-0.15, -0.1) is 0 Å². The molecule has 292 valence electrons. The maximum absolute atomic E-state index is 15.3. The average molecular weight is 758 g/mol. The fourth-order valence-electron chi connectivity index (χ4n) is 6.55. The molecule has 1 fully saturated rings. The van der Waals surface area contributed by atoms with Crippen LogP contribution in [0.3, 0.4) is 0 Å². The second-order valence-electron chi connectivity index (χ2n) is 15.8. The Labute approximate surface area is 319 Å². The number of fused-ring (bicyclic) bond motifs is 2. The van der Waals surface area contributed by atoms with Crippen LogP contribution in [0, 0.1) is 17.3 Å². The van der Waals surface area contributed by atoms with Gasteiger partial charge in [0.2, 0.25) is 17.8 Å². The summed E-state index contributed by atoms with van der Waals surface area (Å²) in [5, 5.41) is 20.5. The highest BCUT2D eigenvalue weighted by Gasteiger charge is 2.28. The van der Waals surface area contributed by atoms with Crippen molar-refractivity contribution in [1.29, 1.82) is 0 Å². The van der Waals surface area contributed by atoms with Crippen molar-refractivity contribution in [3.63, 3.8) is 0 Å². The number of aromatic nitrogens is 3. The molecule has 2 aromatic carbocycles. The number of rotatable bonds is 7. The van der Waals surface area contributed by atoms with Crippen molar-refractivity contribution in [2.24, 2.45) is 17.1 Å². The maximum Gasteiger partial charge on any atom is 0.506 e. The van der Waals surface area contributed by atoms with Crippen molar-refractivity contribution in [3.8, 4) is 22.8 Å². The smallest absolute Gasteiger partial charge is 0.497 e. The Bertz CT molecular complexity index is 2210. The van der Waals surface area contributed by atoms with Gasteiger partial charge in [-0.05, 0) is 99.7 Å². The molecular weight excluding hydrogens is 708 g/mol. The highest BCUT2D eigenvalue weighted by Crippen LogP contribution is 2.34. The average Bonchev–Trinajstić information content (AvgIpc) is 3.69. The summed E-state index contributed by atoms with van der Waals surface area (Å²) in [6.07, 6.45) is 0.909. The first-order chi connectivity index (χ1) is 25.8. The number of hydrogen-bond donors (Lipinski definition) is 3. The number of benzene rings is 2. The fraction of sp³-hybridized carbons (Fsp3) is 0.400. The van der Waals surface area contributed by atoms with E-state index in [-0.39, 0.29) is 34.3 Å².